The van der Waals surface area contributed by atoms with E-state index < -0.39 is 5.60 Å². The summed E-state index contributed by atoms with van der Waals surface area (Å²) >= 11 is 3.60. The maximum atomic E-state index is 12.3. The molecule has 2 aromatic carbocycles. The fourth-order valence-electron chi connectivity index (χ4n) is 3.23. The lowest BCUT2D eigenvalue weighted by Gasteiger charge is -2.24. The molecule has 3 rings (SSSR count). The molecule has 1 atom stereocenters. The van der Waals surface area contributed by atoms with Crippen molar-refractivity contribution < 1.29 is 19.0 Å². The van der Waals surface area contributed by atoms with E-state index in [9.17, 15) is 4.79 Å². The molecule has 156 valence electrons. The summed E-state index contributed by atoms with van der Waals surface area (Å²) in [6, 6.07) is 14.2. The number of aryl methyl sites for hydroxylation is 2. The van der Waals surface area contributed by atoms with Crippen LogP contribution in [0.25, 0.3) is 0 Å². The van der Waals surface area contributed by atoms with Crippen molar-refractivity contribution in [3.05, 3.63) is 58.1 Å². The van der Waals surface area contributed by atoms with Crippen LogP contribution in [0.1, 0.15) is 44.7 Å². The quantitative estimate of drug-likeness (QED) is 0.579. The third-order valence-electron chi connectivity index (χ3n) is 4.66. The molecular formula is C23H28BrNO4. The van der Waals surface area contributed by atoms with Crippen LogP contribution >= 0.6 is 15.9 Å². The minimum atomic E-state index is -0.519. The lowest BCUT2D eigenvalue weighted by molar-refractivity contribution is 0.0499. The van der Waals surface area contributed by atoms with Gasteiger partial charge in [0, 0.05) is 10.5 Å². The van der Waals surface area contributed by atoms with Crippen LogP contribution in [0.2, 0.25) is 0 Å². The Labute approximate surface area is 180 Å². The number of carbonyl (C=O) groups excluding carboxylic acids is 1. The standard InChI is InChI=1S/C23H28BrNO4/c1-23(2,3)29-22(26)25-18(12-10-17-6-4-5-7-19(17)24)11-8-16-9-13-20-21(14-16)28-15-27-20/h4-7,9,13-14,18H,8,10-12,15H2,1-3H3,(H,25,26)/t18-/m0/s1. The van der Waals surface area contributed by atoms with Gasteiger partial charge in [-0.15, -0.1) is 0 Å². The molecule has 0 bridgehead atoms. The first-order valence-electron chi connectivity index (χ1n) is 9.91. The van der Waals surface area contributed by atoms with Crippen LogP contribution in [0.3, 0.4) is 0 Å². The number of ether oxygens (including phenoxy) is 3. The molecule has 0 aliphatic carbocycles. The molecule has 6 heteroatoms. The van der Waals surface area contributed by atoms with E-state index in [2.05, 4.69) is 27.3 Å². The summed E-state index contributed by atoms with van der Waals surface area (Å²) in [5, 5.41) is 3.05. The Hall–Kier alpha value is -2.21. The van der Waals surface area contributed by atoms with Crippen molar-refractivity contribution in [2.45, 2.75) is 58.1 Å². The predicted octanol–water partition coefficient (Wildman–Crippen LogP) is 5.64. The lowest BCUT2D eigenvalue weighted by atomic mass is 9.99. The summed E-state index contributed by atoms with van der Waals surface area (Å²) in [5.41, 5.74) is 1.87. The second-order valence-corrected chi connectivity index (χ2v) is 9.05. The Bertz CT molecular complexity index is 847. The number of fused-ring (bicyclic) bond motifs is 1. The van der Waals surface area contributed by atoms with Crippen molar-refractivity contribution in [2.24, 2.45) is 0 Å². The van der Waals surface area contributed by atoms with Gasteiger partial charge in [-0.3, -0.25) is 0 Å². The molecular weight excluding hydrogens is 434 g/mol. The second-order valence-electron chi connectivity index (χ2n) is 8.20. The Kier molecular flexibility index (Phi) is 7.06. The molecule has 0 unspecified atom stereocenters. The molecule has 1 amide bonds. The summed E-state index contributed by atoms with van der Waals surface area (Å²) in [4.78, 5) is 12.3. The van der Waals surface area contributed by atoms with E-state index >= 15 is 0 Å². The molecule has 0 saturated heterocycles. The Morgan fingerprint density at radius 1 is 1.10 bits per heavy atom. The van der Waals surface area contributed by atoms with Crippen molar-refractivity contribution in [1.29, 1.82) is 0 Å². The van der Waals surface area contributed by atoms with Crippen molar-refractivity contribution >= 4 is 22.0 Å². The number of amides is 1. The van der Waals surface area contributed by atoms with Gasteiger partial charge in [-0.05, 0) is 75.8 Å². The molecule has 1 heterocycles. The van der Waals surface area contributed by atoms with Crippen LogP contribution in [0.4, 0.5) is 4.79 Å². The van der Waals surface area contributed by atoms with E-state index in [-0.39, 0.29) is 18.9 Å². The van der Waals surface area contributed by atoms with E-state index in [1.165, 1.54) is 5.56 Å². The summed E-state index contributed by atoms with van der Waals surface area (Å²) in [6.07, 6.45) is 2.95. The van der Waals surface area contributed by atoms with Crippen molar-refractivity contribution in [3.8, 4) is 11.5 Å². The Balaban J connectivity index is 1.63. The average Bonchev–Trinajstić information content (AvgIpc) is 3.11. The smallest absolute Gasteiger partial charge is 0.407 e. The van der Waals surface area contributed by atoms with E-state index in [1.807, 2.05) is 57.2 Å². The number of alkyl carbamates (subject to hydrolysis) is 1. The van der Waals surface area contributed by atoms with Gasteiger partial charge in [0.05, 0.1) is 0 Å². The number of rotatable bonds is 7. The van der Waals surface area contributed by atoms with Crippen LogP contribution in [0, 0.1) is 0 Å². The SMILES string of the molecule is CC(C)(C)OC(=O)N[C@@H](CCc1ccc2c(c1)OCO2)CCc1ccccc1Br. The fourth-order valence-corrected chi connectivity index (χ4v) is 3.71. The summed E-state index contributed by atoms with van der Waals surface area (Å²) < 4.78 is 17.4. The molecule has 0 saturated carbocycles. The number of benzene rings is 2. The van der Waals surface area contributed by atoms with Gasteiger partial charge < -0.3 is 19.5 Å². The van der Waals surface area contributed by atoms with Crippen LogP contribution in [0.5, 0.6) is 11.5 Å². The van der Waals surface area contributed by atoms with Gasteiger partial charge >= 0.3 is 6.09 Å². The largest absolute Gasteiger partial charge is 0.454 e. The highest BCUT2D eigenvalue weighted by Gasteiger charge is 2.20. The highest BCUT2D eigenvalue weighted by atomic mass is 79.9. The molecule has 0 fully saturated rings. The van der Waals surface area contributed by atoms with Gasteiger partial charge in [0.2, 0.25) is 6.79 Å². The summed E-state index contributed by atoms with van der Waals surface area (Å²) in [5.74, 6) is 1.57. The zero-order chi connectivity index (χ0) is 20.9. The van der Waals surface area contributed by atoms with Gasteiger partial charge in [0.15, 0.2) is 11.5 Å². The van der Waals surface area contributed by atoms with E-state index in [4.69, 9.17) is 14.2 Å². The second kappa shape index (κ2) is 9.53. The predicted molar refractivity (Wildman–Crippen MR) is 117 cm³/mol. The van der Waals surface area contributed by atoms with Crippen LogP contribution in [-0.2, 0) is 17.6 Å². The number of halogens is 1. The van der Waals surface area contributed by atoms with E-state index in [1.54, 1.807) is 0 Å². The zero-order valence-corrected chi connectivity index (χ0v) is 18.8. The normalized spacial score (nSPS) is 13.8. The lowest BCUT2D eigenvalue weighted by Crippen LogP contribution is -2.39. The number of hydrogen-bond acceptors (Lipinski definition) is 4. The minimum Gasteiger partial charge on any atom is -0.454 e. The zero-order valence-electron chi connectivity index (χ0n) is 17.2. The number of nitrogens with one attached hydrogen (secondary N) is 1. The molecule has 1 N–H and O–H groups in total. The van der Waals surface area contributed by atoms with Crippen molar-refractivity contribution in [1.82, 2.24) is 5.32 Å². The molecule has 1 aliphatic rings. The van der Waals surface area contributed by atoms with Crippen LogP contribution < -0.4 is 14.8 Å². The third-order valence-corrected chi connectivity index (χ3v) is 5.43. The van der Waals surface area contributed by atoms with Gasteiger partial charge in [-0.1, -0.05) is 40.2 Å². The first kappa shape index (κ1) is 21.5. The average molecular weight is 462 g/mol. The van der Waals surface area contributed by atoms with Crippen molar-refractivity contribution in [3.63, 3.8) is 0 Å². The van der Waals surface area contributed by atoms with Gasteiger partial charge in [-0.25, -0.2) is 4.79 Å². The topological polar surface area (TPSA) is 56.8 Å². The highest BCUT2D eigenvalue weighted by Crippen LogP contribution is 2.33. The number of hydrogen-bond donors (Lipinski definition) is 1. The van der Waals surface area contributed by atoms with Gasteiger partial charge in [0.1, 0.15) is 5.60 Å². The number of carbonyl (C=O) groups is 1. The van der Waals surface area contributed by atoms with Crippen LogP contribution in [0.15, 0.2) is 46.9 Å². The van der Waals surface area contributed by atoms with Gasteiger partial charge in [-0.2, -0.15) is 0 Å². The monoisotopic (exact) mass is 461 g/mol. The molecule has 0 aromatic heterocycles. The Morgan fingerprint density at radius 3 is 2.59 bits per heavy atom. The Morgan fingerprint density at radius 2 is 1.83 bits per heavy atom. The van der Waals surface area contributed by atoms with E-state index in [0.717, 1.165) is 47.2 Å². The summed E-state index contributed by atoms with van der Waals surface area (Å²) in [6.45, 7) is 5.88. The highest BCUT2D eigenvalue weighted by molar-refractivity contribution is 9.10. The molecule has 2 aromatic rings. The molecule has 29 heavy (non-hydrogen) atoms. The maximum absolute atomic E-state index is 12.3. The summed E-state index contributed by atoms with van der Waals surface area (Å²) in [7, 11) is 0. The molecule has 0 spiro atoms. The van der Waals surface area contributed by atoms with Crippen molar-refractivity contribution in [2.75, 3.05) is 6.79 Å². The van der Waals surface area contributed by atoms with Gasteiger partial charge in [0.25, 0.3) is 0 Å². The fraction of sp³-hybridized carbons (Fsp3) is 0.435. The van der Waals surface area contributed by atoms with E-state index in [0.29, 0.717) is 0 Å². The third kappa shape index (κ3) is 6.67. The first-order valence-corrected chi connectivity index (χ1v) is 10.7. The molecule has 0 radical (unpaired) electrons. The molecule has 5 nitrogen and oxygen atoms in total. The maximum Gasteiger partial charge on any atom is 0.407 e. The minimum absolute atomic E-state index is 0.00220. The first-order chi connectivity index (χ1) is 13.8. The van der Waals surface area contributed by atoms with Crippen LogP contribution in [-0.4, -0.2) is 24.5 Å². The molecule has 1 aliphatic heterocycles.